The first-order valence-corrected chi connectivity index (χ1v) is 11.7. The fourth-order valence-electron chi connectivity index (χ4n) is 4.23. The summed E-state index contributed by atoms with van der Waals surface area (Å²) >= 11 is 1.19. The van der Waals surface area contributed by atoms with Gasteiger partial charge in [0.05, 0.1) is 29.3 Å². The van der Waals surface area contributed by atoms with E-state index in [9.17, 15) is 24.8 Å². The number of ether oxygens (including phenoxy) is 1. The predicted molar refractivity (Wildman–Crippen MR) is 135 cm³/mol. The van der Waals surface area contributed by atoms with Crippen molar-refractivity contribution in [1.29, 1.82) is 0 Å². The Morgan fingerprint density at radius 3 is 2.42 bits per heavy atom. The molecule has 5 rings (SSSR count). The van der Waals surface area contributed by atoms with Crippen LogP contribution in [0.15, 0.2) is 71.6 Å². The monoisotopic (exact) mass is 501 g/mol. The van der Waals surface area contributed by atoms with Gasteiger partial charge in [0.15, 0.2) is 5.13 Å². The van der Waals surface area contributed by atoms with Crippen LogP contribution in [-0.2, 0) is 9.59 Å². The molecule has 2 heterocycles. The fourth-order valence-corrected chi connectivity index (χ4v) is 5.06. The van der Waals surface area contributed by atoms with Gasteiger partial charge in [0, 0.05) is 23.1 Å². The number of methoxy groups -OCH3 is 1. The Kier molecular flexibility index (Phi) is 5.73. The molecule has 180 valence electrons. The smallest absolute Gasteiger partial charge is 0.301 e. The summed E-state index contributed by atoms with van der Waals surface area (Å²) in [7, 11) is 1.57. The minimum atomic E-state index is -1.01. The van der Waals surface area contributed by atoms with E-state index < -0.39 is 22.7 Å². The number of aliphatic hydroxyl groups excluding tert-OH is 1. The molecule has 9 nitrogen and oxygen atoms in total. The van der Waals surface area contributed by atoms with Crippen LogP contribution >= 0.6 is 11.3 Å². The Morgan fingerprint density at radius 1 is 1.08 bits per heavy atom. The van der Waals surface area contributed by atoms with Crippen LogP contribution in [0.1, 0.15) is 22.9 Å². The zero-order valence-corrected chi connectivity index (χ0v) is 20.0. The Bertz CT molecular complexity index is 1570. The number of hydrogen-bond acceptors (Lipinski definition) is 8. The minimum absolute atomic E-state index is 0.116. The molecule has 10 heteroatoms. The second-order valence-electron chi connectivity index (χ2n) is 8.22. The zero-order chi connectivity index (χ0) is 25.6. The van der Waals surface area contributed by atoms with Crippen LogP contribution in [-0.4, -0.2) is 33.8 Å². The summed E-state index contributed by atoms with van der Waals surface area (Å²) in [4.78, 5) is 42.7. The van der Waals surface area contributed by atoms with E-state index in [2.05, 4.69) is 4.98 Å². The van der Waals surface area contributed by atoms with Gasteiger partial charge in [-0.15, -0.1) is 11.3 Å². The van der Waals surface area contributed by atoms with Gasteiger partial charge in [-0.3, -0.25) is 24.6 Å². The van der Waals surface area contributed by atoms with E-state index in [1.165, 1.54) is 40.5 Å². The zero-order valence-electron chi connectivity index (χ0n) is 19.2. The Labute approximate surface area is 209 Å². The van der Waals surface area contributed by atoms with Crippen LogP contribution in [0.4, 0.5) is 10.8 Å². The molecule has 1 aliphatic heterocycles. The molecule has 0 saturated carbocycles. The molecule has 0 radical (unpaired) electrons. The number of non-ortho nitro benzene ring substituents is 1. The van der Waals surface area contributed by atoms with E-state index in [-0.39, 0.29) is 17.0 Å². The van der Waals surface area contributed by atoms with E-state index in [4.69, 9.17) is 4.74 Å². The number of anilines is 1. The number of aromatic nitrogens is 1. The number of aryl methyl sites for hydroxylation is 1. The standard InChI is InChI=1S/C26H19N3O6S/c1-14-13-36-26(27-14)28-22(15-5-8-19(9-6-15)29(33)34)21(24(31)25(28)32)23(30)18-4-3-17-12-20(35-2)10-7-16(17)11-18/h3-13,22,30H,1-2H3/b23-21+. The van der Waals surface area contributed by atoms with Crippen molar-refractivity contribution >= 4 is 50.4 Å². The second-order valence-corrected chi connectivity index (χ2v) is 9.05. The molecule has 1 atom stereocenters. The molecule has 1 unspecified atom stereocenters. The summed E-state index contributed by atoms with van der Waals surface area (Å²) in [6.07, 6.45) is 0. The van der Waals surface area contributed by atoms with Gasteiger partial charge >= 0.3 is 5.91 Å². The van der Waals surface area contributed by atoms with Gasteiger partial charge in [0.1, 0.15) is 11.5 Å². The largest absolute Gasteiger partial charge is 0.507 e. The molecule has 1 saturated heterocycles. The summed E-state index contributed by atoms with van der Waals surface area (Å²) < 4.78 is 5.26. The van der Waals surface area contributed by atoms with Crippen LogP contribution in [0.5, 0.6) is 5.75 Å². The highest BCUT2D eigenvalue weighted by atomic mass is 32.1. The van der Waals surface area contributed by atoms with Crippen LogP contribution in [0.25, 0.3) is 16.5 Å². The maximum atomic E-state index is 13.3. The summed E-state index contributed by atoms with van der Waals surface area (Å²) in [5.41, 5.74) is 1.21. The first kappa shape index (κ1) is 23.2. The number of carbonyl (C=O) groups is 2. The van der Waals surface area contributed by atoms with Gasteiger partial charge in [0.2, 0.25) is 0 Å². The summed E-state index contributed by atoms with van der Waals surface area (Å²) in [5, 5.41) is 26.2. The Morgan fingerprint density at radius 2 is 1.78 bits per heavy atom. The number of carbonyl (C=O) groups excluding carboxylic acids is 2. The van der Waals surface area contributed by atoms with Crippen molar-refractivity contribution in [2.24, 2.45) is 0 Å². The summed E-state index contributed by atoms with van der Waals surface area (Å²) in [6, 6.07) is 15.2. The van der Waals surface area contributed by atoms with Crippen LogP contribution < -0.4 is 9.64 Å². The molecule has 0 aliphatic carbocycles. The molecule has 0 spiro atoms. The number of thiazole rings is 1. The maximum absolute atomic E-state index is 13.3. The van der Waals surface area contributed by atoms with Crippen molar-refractivity contribution in [1.82, 2.24) is 4.98 Å². The number of hydrogen-bond donors (Lipinski definition) is 1. The first-order chi connectivity index (χ1) is 17.3. The van der Waals surface area contributed by atoms with Gasteiger partial charge < -0.3 is 9.84 Å². The molecule has 1 amide bonds. The minimum Gasteiger partial charge on any atom is -0.507 e. The van der Waals surface area contributed by atoms with Crippen molar-refractivity contribution in [3.63, 3.8) is 0 Å². The lowest BCUT2D eigenvalue weighted by atomic mass is 9.94. The Hall–Kier alpha value is -4.57. The number of Topliss-reactive ketones (excluding diaryl/α,β-unsaturated/α-hetero) is 1. The molecule has 4 aromatic rings. The highest BCUT2D eigenvalue weighted by molar-refractivity contribution is 7.14. The number of fused-ring (bicyclic) bond motifs is 1. The van der Waals surface area contributed by atoms with Crippen LogP contribution in [0.2, 0.25) is 0 Å². The van der Waals surface area contributed by atoms with Crippen molar-refractivity contribution in [2.45, 2.75) is 13.0 Å². The number of ketones is 1. The summed E-state index contributed by atoms with van der Waals surface area (Å²) in [6.45, 7) is 1.77. The maximum Gasteiger partial charge on any atom is 0.301 e. The SMILES string of the molecule is COc1ccc2cc(/C(O)=C3\C(=O)C(=O)N(c4nc(C)cs4)C3c3ccc([N+](=O)[O-])cc3)ccc2c1. The molecule has 1 fully saturated rings. The molecule has 1 N–H and O–H groups in total. The lowest BCUT2D eigenvalue weighted by Gasteiger charge is -2.23. The fraction of sp³-hybridized carbons (Fsp3) is 0.115. The molecular formula is C26H19N3O6S. The number of rotatable bonds is 5. The molecule has 1 aromatic heterocycles. The second kappa shape index (κ2) is 8.90. The first-order valence-electron chi connectivity index (χ1n) is 10.8. The van der Waals surface area contributed by atoms with Crippen molar-refractivity contribution in [3.8, 4) is 5.75 Å². The molecule has 36 heavy (non-hydrogen) atoms. The highest BCUT2D eigenvalue weighted by Crippen LogP contribution is 2.43. The van der Waals surface area contributed by atoms with E-state index >= 15 is 0 Å². The molecule has 3 aromatic carbocycles. The van der Waals surface area contributed by atoms with E-state index in [0.717, 1.165) is 10.8 Å². The number of aliphatic hydroxyl groups is 1. The average molecular weight is 502 g/mol. The van der Waals surface area contributed by atoms with Gasteiger partial charge in [-0.05, 0) is 53.6 Å². The number of nitro benzene ring substituents is 1. The van der Waals surface area contributed by atoms with Gasteiger partial charge in [0.25, 0.3) is 11.5 Å². The van der Waals surface area contributed by atoms with E-state index in [0.29, 0.717) is 27.7 Å². The van der Waals surface area contributed by atoms with Crippen molar-refractivity contribution in [3.05, 3.63) is 98.6 Å². The normalized spacial score (nSPS) is 17.1. The molecule has 0 bridgehead atoms. The van der Waals surface area contributed by atoms with Crippen molar-refractivity contribution in [2.75, 3.05) is 12.0 Å². The summed E-state index contributed by atoms with van der Waals surface area (Å²) in [5.74, 6) is -1.36. The average Bonchev–Trinajstić information content (AvgIpc) is 3.43. The third-order valence-corrected chi connectivity index (χ3v) is 6.96. The lowest BCUT2D eigenvalue weighted by Crippen LogP contribution is -2.29. The quantitative estimate of drug-likeness (QED) is 0.132. The molecule has 1 aliphatic rings. The van der Waals surface area contributed by atoms with Gasteiger partial charge in [-0.25, -0.2) is 4.98 Å². The number of benzene rings is 3. The van der Waals surface area contributed by atoms with Crippen LogP contribution in [0.3, 0.4) is 0 Å². The van der Waals surface area contributed by atoms with Crippen molar-refractivity contribution < 1.29 is 24.4 Å². The number of nitrogens with zero attached hydrogens (tertiary/aromatic N) is 3. The lowest BCUT2D eigenvalue weighted by molar-refractivity contribution is -0.384. The molecular weight excluding hydrogens is 482 g/mol. The third-order valence-electron chi connectivity index (χ3n) is 6.00. The third kappa shape index (κ3) is 3.87. The van der Waals surface area contributed by atoms with Crippen LogP contribution in [0, 0.1) is 17.0 Å². The predicted octanol–water partition coefficient (Wildman–Crippen LogP) is 5.15. The highest BCUT2D eigenvalue weighted by Gasteiger charge is 2.48. The van der Waals surface area contributed by atoms with Gasteiger partial charge in [-0.2, -0.15) is 0 Å². The van der Waals surface area contributed by atoms with Gasteiger partial charge in [-0.1, -0.05) is 18.2 Å². The number of amides is 1. The van der Waals surface area contributed by atoms with E-state index in [1.54, 1.807) is 43.7 Å². The number of nitro groups is 1. The topological polar surface area (TPSA) is 123 Å². The Balaban J connectivity index is 1.69. The van der Waals surface area contributed by atoms with E-state index in [1.807, 2.05) is 12.1 Å².